The van der Waals surface area contributed by atoms with Crippen LogP contribution in [0.3, 0.4) is 0 Å². The molecule has 0 aromatic heterocycles. The fraction of sp³-hybridized carbons (Fsp3) is 0. The summed E-state index contributed by atoms with van der Waals surface area (Å²) in [7, 11) is 0. The molecule has 0 bridgehead atoms. The highest BCUT2D eigenvalue weighted by molar-refractivity contribution is 5.90. The van der Waals surface area contributed by atoms with Crippen LogP contribution in [-0.2, 0) is 0 Å². The molecular weight excluding hydrogens is 721 g/mol. The highest BCUT2D eigenvalue weighted by Crippen LogP contribution is 2.41. The zero-order chi connectivity index (χ0) is 40.1. The molecule has 0 atom stereocenters. The first kappa shape index (κ1) is 36.5. The van der Waals surface area contributed by atoms with Crippen molar-refractivity contribution in [2.75, 3.05) is 0 Å². The van der Waals surface area contributed by atoms with Gasteiger partial charge in [0.15, 0.2) is 0 Å². The SMILES string of the molecule is c1ccc(-c2cc(-c3ccccc3)cc(-c3cc(-c4cc(-c5ccccc5)cc(-c5ccccc5)c4)cc(-c4cc(-c5ccccc5)cc(-c5ccccc5)c4)c3)c2)cc1. The second-order valence-electron chi connectivity index (χ2n) is 15.4. The Kier molecular flexibility index (Phi) is 10.1. The predicted octanol–water partition coefficient (Wildman–Crippen LogP) is 16.7. The summed E-state index contributed by atoms with van der Waals surface area (Å²) in [5, 5.41) is 0. The predicted molar refractivity (Wildman–Crippen MR) is 255 cm³/mol. The maximum Gasteiger partial charge on any atom is -0.0171 e. The van der Waals surface area contributed by atoms with Gasteiger partial charge < -0.3 is 0 Å². The minimum absolute atomic E-state index is 1.16. The van der Waals surface area contributed by atoms with Crippen molar-refractivity contribution in [3.63, 3.8) is 0 Å². The summed E-state index contributed by atoms with van der Waals surface area (Å²) >= 11 is 0. The lowest BCUT2D eigenvalue weighted by atomic mass is 9.87. The van der Waals surface area contributed by atoms with Gasteiger partial charge >= 0.3 is 0 Å². The summed E-state index contributed by atoms with van der Waals surface area (Å²) in [5.74, 6) is 0. The Morgan fingerprint density at radius 2 is 0.200 bits per heavy atom. The summed E-state index contributed by atoms with van der Waals surface area (Å²) < 4.78 is 0. The van der Waals surface area contributed by atoms with Gasteiger partial charge in [-0.15, -0.1) is 0 Å². The van der Waals surface area contributed by atoms with Crippen molar-refractivity contribution in [1.29, 1.82) is 0 Å². The van der Waals surface area contributed by atoms with Gasteiger partial charge in [0.2, 0.25) is 0 Å². The first-order valence-electron chi connectivity index (χ1n) is 20.6. The first-order chi connectivity index (χ1) is 29.7. The summed E-state index contributed by atoms with van der Waals surface area (Å²) in [6.45, 7) is 0. The van der Waals surface area contributed by atoms with Crippen LogP contribution in [0.4, 0.5) is 0 Å². The average molecular weight is 763 g/mol. The van der Waals surface area contributed by atoms with E-state index in [9.17, 15) is 0 Å². The van der Waals surface area contributed by atoms with E-state index in [2.05, 4.69) is 255 Å². The maximum absolute atomic E-state index is 2.39. The Morgan fingerprint density at radius 1 is 0.100 bits per heavy atom. The van der Waals surface area contributed by atoms with Crippen molar-refractivity contribution in [1.82, 2.24) is 0 Å². The molecule has 0 nitrogen and oxygen atoms in total. The Morgan fingerprint density at radius 3 is 0.317 bits per heavy atom. The normalized spacial score (nSPS) is 11.0. The molecule has 0 heterocycles. The molecule has 0 spiro atoms. The number of rotatable bonds is 9. The molecule has 0 saturated heterocycles. The quantitative estimate of drug-likeness (QED) is 0.137. The number of benzene rings is 10. The van der Waals surface area contributed by atoms with Gasteiger partial charge in [-0.05, 0) is 173 Å². The molecule has 0 aliphatic carbocycles. The standard InChI is InChI=1S/C60H42/c1-7-19-43(20-8-1)49-31-50(44-21-9-2-10-22-44)35-55(34-49)58-40-59(56-36-51(45-23-11-3-12-24-45)32-52(37-56)46-25-13-4-14-26-46)42-60(41-58)57-38-53(47-27-15-5-16-28-47)33-54(39-57)48-29-17-6-18-30-48/h1-42H. The zero-order valence-electron chi connectivity index (χ0n) is 33.2. The molecule has 0 fully saturated rings. The minimum atomic E-state index is 1.16. The van der Waals surface area contributed by atoms with Gasteiger partial charge in [-0.25, -0.2) is 0 Å². The van der Waals surface area contributed by atoms with E-state index in [4.69, 9.17) is 0 Å². The van der Waals surface area contributed by atoms with Gasteiger partial charge in [0.05, 0.1) is 0 Å². The molecule has 60 heavy (non-hydrogen) atoms. The molecule has 0 radical (unpaired) electrons. The van der Waals surface area contributed by atoms with Crippen LogP contribution in [0, 0.1) is 0 Å². The van der Waals surface area contributed by atoms with Gasteiger partial charge in [-0.1, -0.05) is 182 Å². The van der Waals surface area contributed by atoms with E-state index in [1.807, 2.05) is 0 Å². The summed E-state index contributed by atoms with van der Waals surface area (Å²) in [6, 6.07) is 92.7. The lowest BCUT2D eigenvalue weighted by Crippen LogP contribution is -1.91. The summed E-state index contributed by atoms with van der Waals surface area (Å²) in [6.07, 6.45) is 0. The molecule has 0 amide bonds. The lowest BCUT2D eigenvalue weighted by molar-refractivity contribution is 1.53. The Bertz CT molecular complexity index is 2500. The smallest absolute Gasteiger partial charge is 0.0171 e. The molecule has 0 unspecified atom stereocenters. The van der Waals surface area contributed by atoms with Crippen molar-refractivity contribution >= 4 is 0 Å². The van der Waals surface area contributed by atoms with Crippen molar-refractivity contribution in [2.45, 2.75) is 0 Å². The van der Waals surface area contributed by atoms with Crippen LogP contribution >= 0.6 is 0 Å². The molecule has 10 aromatic carbocycles. The van der Waals surface area contributed by atoms with Gasteiger partial charge in [-0.3, -0.25) is 0 Å². The highest BCUT2D eigenvalue weighted by atomic mass is 14.2. The Labute approximate surface area is 353 Å². The van der Waals surface area contributed by atoms with E-state index in [1.165, 1.54) is 83.5 Å². The molecule has 0 N–H and O–H groups in total. The largest absolute Gasteiger partial charge is 0.0622 e. The first-order valence-corrected chi connectivity index (χ1v) is 20.6. The van der Waals surface area contributed by atoms with E-state index in [1.54, 1.807) is 0 Å². The third-order valence-corrected chi connectivity index (χ3v) is 11.4. The topological polar surface area (TPSA) is 0 Å². The van der Waals surface area contributed by atoms with Crippen molar-refractivity contribution < 1.29 is 0 Å². The van der Waals surface area contributed by atoms with Crippen LogP contribution in [0.5, 0.6) is 0 Å². The van der Waals surface area contributed by atoms with Gasteiger partial charge in [-0.2, -0.15) is 0 Å². The Hall–Kier alpha value is -7.80. The molecule has 0 aliphatic rings. The van der Waals surface area contributed by atoms with Crippen LogP contribution in [0.1, 0.15) is 0 Å². The summed E-state index contributed by atoms with van der Waals surface area (Å²) in [5.41, 5.74) is 21.3. The monoisotopic (exact) mass is 762 g/mol. The van der Waals surface area contributed by atoms with Crippen LogP contribution in [-0.4, -0.2) is 0 Å². The minimum Gasteiger partial charge on any atom is -0.0622 e. The van der Waals surface area contributed by atoms with Gasteiger partial charge in [0, 0.05) is 0 Å². The van der Waals surface area contributed by atoms with E-state index in [-0.39, 0.29) is 0 Å². The fourth-order valence-electron chi connectivity index (χ4n) is 8.29. The molecule has 0 saturated carbocycles. The number of hydrogen-bond donors (Lipinski definition) is 0. The Balaban J connectivity index is 1.24. The van der Waals surface area contributed by atoms with Crippen LogP contribution < -0.4 is 0 Å². The van der Waals surface area contributed by atoms with E-state index in [0.717, 1.165) is 16.7 Å². The molecule has 0 heteroatoms. The lowest BCUT2D eigenvalue weighted by Gasteiger charge is -2.17. The number of hydrogen-bond acceptors (Lipinski definition) is 0. The third-order valence-electron chi connectivity index (χ3n) is 11.4. The van der Waals surface area contributed by atoms with Crippen molar-refractivity contribution in [3.8, 4) is 100 Å². The van der Waals surface area contributed by atoms with Crippen LogP contribution in [0.15, 0.2) is 255 Å². The summed E-state index contributed by atoms with van der Waals surface area (Å²) in [4.78, 5) is 0. The second kappa shape index (κ2) is 16.6. The molecule has 10 aromatic rings. The highest BCUT2D eigenvalue weighted by Gasteiger charge is 2.15. The van der Waals surface area contributed by atoms with E-state index >= 15 is 0 Å². The van der Waals surface area contributed by atoms with Gasteiger partial charge in [0.25, 0.3) is 0 Å². The second-order valence-corrected chi connectivity index (χ2v) is 15.4. The van der Waals surface area contributed by atoms with Crippen molar-refractivity contribution in [2.24, 2.45) is 0 Å². The zero-order valence-corrected chi connectivity index (χ0v) is 33.2. The van der Waals surface area contributed by atoms with Crippen LogP contribution in [0.25, 0.3) is 100 Å². The molecule has 0 aliphatic heterocycles. The van der Waals surface area contributed by atoms with E-state index in [0.29, 0.717) is 0 Å². The fourth-order valence-corrected chi connectivity index (χ4v) is 8.29. The molecule has 282 valence electrons. The molecule has 10 rings (SSSR count). The average Bonchev–Trinajstić information content (AvgIpc) is 3.35. The van der Waals surface area contributed by atoms with Crippen molar-refractivity contribution in [3.05, 3.63) is 255 Å². The van der Waals surface area contributed by atoms with Crippen LogP contribution in [0.2, 0.25) is 0 Å². The maximum atomic E-state index is 2.39. The third kappa shape index (κ3) is 7.88. The van der Waals surface area contributed by atoms with Gasteiger partial charge in [0.1, 0.15) is 0 Å². The molecular formula is C60H42. The van der Waals surface area contributed by atoms with E-state index < -0.39 is 0 Å².